The van der Waals surface area contributed by atoms with E-state index >= 15 is 0 Å². The van der Waals surface area contributed by atoms with Crippen molar-refractivity contribution in [2.24, 2.45) is 5.92 Å². The molecule has 0 fully saturated rings. The fourth-order valence-electron chi connectivity index (χ4n) is 1.29. The molecule has 1 heteroatoms. The van der Waals surface area contributed by atoms with Crippen LogP contribution in [0, 0.1) is 5.92 Å². The third kappa shape index (κ3) is 7.86. The van der Waals surface area contributed by atoms with Crippen LogP contribution in [-0.4, -0.2) is 13.1 Å². The molecule has 0 saturated carbocycles. The summed E-state index contributed by atoms with van der Waals surface area (Å²) in [7, 11) is 0. The van der Waals surface area contributed by atoms with Crippen LogP contribution in [0.3, 0.4) is 0 Å². The Bertz CT molecular complexity index is 71.3. The molecule has 0 radical (unpaired) electrons. The van der Waals surface area contributed by atoms with E-state index in [2.05, 4.69) is 26.1 Å². The summed E-state index contributed by atoms with van der Waals surface area (Å²) >= 11 is 0. The SMILES string of the molecule is CCCNCCC(C)CCC. The molecular weight excluding hydrogens is 134 g/mol. The van der Waals surface area contributed by atoms with Gasteiger partial charge in [0.05, 0.1) is 0 Å². The van der Waals surface area contributed by atoms with E-state index in [1.807, 2.05) is 0 Å². The molecule has 0 aromatic carbocycles. The van der Waals surface area contributed by atoms with E-state index in [0.717, 1.165) is 5.92 Å². The van der Waals surface area contributed by atoms with E-state index in [0.29, 0.717) is 0 Å². The molecule has 1 nitrogen and oxygen atoms in total. The highest BCUT2D eigenvalue weighted by Gasteiger charge is 1.98. The van der Waals surface area contributed by atoms with Gasteiger partial charge in [0.25, 0.3) is 0 Å². The van der Waals surface area contributed by atoms with Gasteiger partial charge in [0, 0.05) is 0 Å². The van der Waals surface area contributed by atoms with Crippen molar-refractivity contribution in [3.8, 4) is 0 Å². The molecule has 0 aliphatic carbocycles. The lowest BCUT2D eigenvalue weighted by molar-refractivity contribution is 0.465. The quantitative estimate of drug-likeness (QED) is 0.560. The zero-order valence-electron chi connectivity index (χ0n) is 8.32. The maximum absolute atomic E-state index is 3.42. The van der Waals surface area contributed by atoms with Crippen LogP contribution in [0.25, 0.3) is 0 Å². The summed E-state index contributed by atoms with van der Waals surface area (Å²) in [5.41, 5.74) is 0. The van der Waals surface area contributed by atoms with Crippen molar-refractivity contribution in [2.45, 2.75) is 46.5 Å². The van der Waals surface area contributed by atoms with Gasteiger partial charge in [0.15, 0.2) is 0 Å². The molecule has 0 heterocycles. The fraction of sp³-hybridized carbons (Fsp3) is 1.00. The first-order valence-corrected chi connectivity index (χ1v) is 5.02. The first-order chi connectivity index (χ1) is 5.31. The highest BCUT2D eigenvalue weighted by atomic mass is 14.8. The molecule has 1 N–H and O–H groups in total. The van der Waals surface area contributed by atoms with Crippen LogP contribution in [-0.2, 0) is 0 Å². The zero-order chi connectivity index (χ0) is 8.53. The smallest absolute Gasteiger partial charge is 0.00464 e. The molecule has 0 aliphatic rings. The molecule has 0 spiro atoms. The van der Waals surface area contributed by atoms with E-state index in [4.69, 9.17) is 0 Å². The monoisotopic (exact) mass is 157 g/mol. The maximum atomic E-state index is 3.42. The largest absolute Gasteiger partial charge is 0.317 e. The van der Waals surface area contributed by atoms with Gasteiger partial charge in [-0.25, -0.2) is 0 Å². The van der Waals surface area contributed by atoms with Crippen LogP contribution >= 0.6 is 0 Å². The summed E-state index contributed by atoms with van der Waals surface area (Å²) in [6.07, 6.45) is 5.30. The van der Waals surface area contributed by atoms with E-state index in [1.165, 1.54) is 38.8 Å². The first kappa shape index (κ1) is 11.0. The second-order valence-corrected chi connectivity index (χ2v) is 3.43. The minimum Gasteiger partial charge on any atom is -0.317 e. The second kappa shape index (κ2) is 8.06. The van der Waals surface area contributed by atoms with E-state index in [1.54, 1.807) is 0 Å². The molecule has 0 bridgehead atoms. The van der Waals surface area contributed by atoms with Crippen molar-refractivity contribution in [3.63, 3.8) is 0 Å². The molecule has 11 heavy (non-hydrogen) atoms. The Hall–Kier alpha value is -0.0400. The second-order valence-electron chi connectivity index (χ2n) is 3.43. The summed E-state index contributed by atoms with van der Waals surface area (Å²) in [4.78, 5) is 0. The normalized spacial score (nSPS) is 13.4. The van der Waals surface area contributed by atoms with Crippen molar-refractivity contribution in [1.82, 2.24) is 5.32 Å². The average Bonchev–Trinajstić information content (AvgIpc) is 1.99. The van der Waals surface area contributed by atoms with E-state index < -0.39 is 0 Å². The molecule has 1 atom stereocenters. The Balaban J connectivity index is 2.97. The van der Waals surface area contributed by atoms with Gasteiger partial charge in [-0.1, -0.05) is 33.6 Å². The van der Waals surface area contributed by atoms with Crippen LogP contribution in [0.15, 0.2) is 0 Å². The van der Waals surface area contributed by atoms with Gasteiger partial charge in [0.2, 0.25) is 0 Å². The average molecular weight is 157 g/mol. The summed E-state index contributed by atoms with van der Waals surface area (Å²) in [6.45, 7) is 9.20. The fourth-order valence-corrected chi connectivity index (χ4v) is 1.29. The molecule has 0 saturated heterocycles. The molecule has 68 valence electrons. The van der Waals surface area contributed by atoms with Crippen LogP contribution in [0.1, 0.15) is 46.5 Å². The summed E-state index contributed by atoms with van der Waals surface area (Å²) < 4.78 is 0. The molecular formula is C10H23N. The summed E-state index contributed by atoms with van der Waals surface area (Å²) in [6, 6.07) is 0. The number of hydrogen-bond donors (Lipinski definition) is 1. The summed E-state index contributed by atoms with van der Waals surface area (Å²) in [5, 5.41) is 3.42. The maximum Gasteiger partial charge on any atom is -0.00464 e. The standard InChI is InChI=1S/C10H23N/c1-4-6-10(3)7-9-11-8-5-2/h10-11H,4-9H2,1-3H3. The van der Waals surface area contributed by atoms with Crippen molar-refractivity contribution in [2.75, 3.05) is 13.1 Å². The van der Waals surface area contributed by atoms with Crippen LogP contribution in [0.2, 0.25) is 0 Å². The van der Waals surface area contributed by atoms with Crippen molar-refractivity contribution >= 4 is 0 Å². The molecule has 0 aromatic heterocycles. The zero-order valence-corrected chi connectivity index (χ0v) is 8.32. The van der Waals surface area contributed by atoms with E-state index in [9.17, 15) is 0 Å². The lowest BCUT2D eigenvalue weighted by Gasteiger charge is -2.09. The predicted octanol–water partition coefficient (Wildman–Crippen LogP) is 2.81. The van der Waals surface area contributed by atoms with Gasteiger partial charge in [-0.15, -0.1) is 0 Å². The molecule has 0 rings (SSSR count). The predicted molar refractivity (Wildman–Crippen MR) is 51.8 cm³/mol. The minimum atomic E-state index is 0.907. The topological polar surface area (TPSA) is 12.0 Å². The lowest BCUT2D eigenvalue weighted by atomic mass is 10.0. The van der Waals surface area contributed by atoms with Crippen LogP contribution in [0.4, 0.5) is 0 Å². The van der Waals surface area contributed by atoms with Gasteiger partial charge < -0.3 is 5.32 Å². The Morgan fingerprint density at radius 3 is 2.27 bits per heavy atom. The number of hydrogen-bond acceptors (Lipinski definition) is 1. The van der Waals surface area contributed by atoms with Crippen LogP contribution in [0.5, 0.6) is 0 Å². The lowest BCUT2D eigenvalue weighted by Crippen LogP contribution is -2.17. The Kier molecular flexibility index (Phi) is 8.03. The van der Waals surface area contributed by atoms with Crippen molar-refractivity contribution in [1.29, 1.82) is 0 Å². The van der Waals surface area contributed by atoms with Gasteiger partial charge in [-0.05, 0) is 31.8 Å². The Morgan fingerprint density at radius 1 is 1.00 bits per heavy atom. The number of nitrogens with one attached hydrogen (secondary N) is 1. The van der Waals surface area contributed by atoms with Gasteiger partial charge in [-0.2, -0.15) is 0 Å². The molecule has 0 aromatic rings. The van der Waals surface area contributed by atoms with Gasteiger partial charge >= 0.3 is 0 Å². The first-order valence-electron chi connectivity index (χ1n) is 5.02. The van der Waals surface area contributed by atoms with E-state index in [-0.39, 0.29) is 0 Å². The molecule has 0 aliphatic heterocycles. The molecule has 0 amide bonds. The van der Waals surface area contributed by atoms with Gasteiger partial charge in [-0.3, -0.25) is 0 Å². The van der Waals surface area contributed by atoms with Crippen LogP contribution < -0.4 is 5.32 Å². The third-order valence-corrected chi connectivity index (χ3v) is 2.02. The minimum absolute atomic E-state index is 0.907. The Labute approximate surface area is 71.6 Å². The highest BCUT2D eigenvalue weighted by molar-refractivity contribution is 4.54. The number of rotatable bonds is 7. The van der Waals surface area contributed by atoms with Crippen molar-refractivity contribution < 1.29 is 0 Å². The Morgan fingerprint density at radius 2 is 1.73 bits per heavy atom. The molecule has 1 unspecified atom stereocenters. The third-order valence-electron chi connectivity index (χ3n) is 2.02. The highest BCUT2D eigenvalue weighted by Crippen LogP contribution is 2.07. The van der Waals surface area contributed by atoms with Crippen molar-refractivity contribution in [3.05, 3.63) is 0 Å². The van der Waals surface area contributed by atoms with Gasteiger partial charge in [0.1, 0.15) is 0 Å². The summed E-state index contributed by atoms with van der Waals surface area (Å²) in [5.74, 6) is 0.907.